The standard InChI is InChI=1S/C18H27N5/c1-6-16-13-17(23(14(2)3)12-11-22(4)5)21-18(20-16)15-7-9-19-10-8-15/h7-10,13-14H,6,11-12H2,1-5H3. The molecule has 0 aliphatic rings. The smallest absolute Gasteiger partial charge is 0.161 e. The number of hydrogen-bond donors (Lipinski definition) is 0. The van der Waals surface area contributed by atoms with Gasteiger partial charge >= 0.3 is 0 Å². The number of likely N-dealkylation sites (N-methyl/N-ethyl adjacent to an activating group) is 1. The van der Waals surface area contributed by atoms with Crippen LogP contribution in [0.15, 0.2) is 30.6 Å². The van der Waals surface area contributed by atoms with E-state index in [9.17, 15) is 0 Å². The minimum atomic E-state index is 0.389. The molecule has 2 heterocycles. The van der Waals surface area contributed by atoms with Crippen molar-refractivity contribution in [2.75, 3.05) is 32.1 Å². The van der Waals surface area contributed by atoms with E-state index in [1.807, 2.05) is 12.1 Å². The molecule has 0 radical (unpaired) electrons. The number of aryl methyl sites for hydroxylation is 1. The molecule has 2 aromatic rings. The molecule has 5 heteroatoms. The Hall–Kier alpha value is -2.01. The highest BCUT2D eigenvalue weighted by Crippen LogP contribution is 2.21. The molecule has 2 aromatic heterocycles. The van der Waals surface area contributed by atoms with Gasteiger partial charge in [-0.25, -0.2) is 9.97 Å². The Bertz CT molecular complexity index is 610. The Kier molecular flexibility index (Phi) is 6.04. The summed E-state index contributed by atoms with van der Waals surface area (Å²) in [6, 6.07) is 6.41. The van der Waals surface area contributed by atoms with Crippen LogP contribution in [0.1, 0.15) is 26.5 Å². The van der Waals surface area contributed by atoms with E-state index in [4.69, 9.17) is 4.98 Å². The van der Waals surface area contributed by atoms with Crippen molar-refractivity contribution in [3.05, 3.63) is 36.3 Å². The van der Waals surface area contributed by atoms with Gasteiger partial charge in [0, 0.05) is 48.8 Å². The maximum Gasteiger partial charge on any atom is 0.161 e. The van der Waals surface area contributed by atoms with Crippen LogP contribution in [-0.2, 0) is 6.42 Å². The minimum absolute atomic E-state index is 0.389. The van der Waals surface area contributed by atoms with Gasteiger partial charge in [0.1, 0.15) is 5.82 Å². The van der Waals surface area contributed by atoms with Crippen LogP contribution in [0.4, 0.5) is 5.82 Å². The Labute approximate surface area is 139 Å². The van der Waals surface area contributed by atoms with E-state index in [0.29, 0.717) is 6.04 Å². The van der Waals surface area contributed by atoms with E-state index in [-0.39, 0.29) is 0 Å². The predicted octanol–water partition coefficient (Wildman–Crippen LogP) is 2.88. The van der Waals surface area contributed by atoms with Crippen molar-refractivity contribution in [3.8, 4) is 11.4 Å². The van der Waals surface area contributed by atoms with Crippen molar-refractivity contribution >= 4 is 5.82 Å². The second-order valence-electron chi connectivity index (χ2n) is 6.22. The molecule has 0 amide bonds. The summed E-state index contributed by atoms with van der Waals surface area (Å²) in [6.07, 6.45) is 4.46. The van der Waals surface area contributed by atoms with Gasteiger partial charge in [-0.05, 0) is 46.5 Å². The summed E-state index contributed by atoms with van der Waals surface area (Å²) >= 11 is 0. The van der Waals surface area contributed by atoms with E-state index in [1.54, 1.807) is 12.4 Å². The summed E-state index contributed by atoms with van der Waals surface area (Å²) in [5.41, 5.74) is 2.07. The summed E-state index contributed by atoms with van der Waals surface area (Å²) in [6.45, 7) is 8.47. The first-order valence-electron chi connectivity index (χ1n) is 8.21. The Morgan fingerprint density at radius 2 is 1.74 bits per heavy atom. The average molecular weight is 313 g/mol. The van der Waals surface area contributed by atoms with E-state index in [2.05, 4.69) is 60.7 Å². The minimum Gasteiger partial charge on any atom is -0.353 e. The molecular formula is C18H27N5. The zero-order valence-corrected chi connectivity index (χ0v) is 14.8. The molecule has 2 rings (SSSR count). The number of pyridine rings is 1. The van der Waals surface area contributed by atoms with Crippen LogP contribution in [0.3, 0.4) is 0 Å². The fourth-order valence-electron chi connectivity index (χ4n) is 2.39. The monoisotopic (exact) mass is 313 g/mol. The van der Waals surface area contributed by atoms with Crippen LogP contribution in [0.5, 0.6) is 0 Å². The van der Waals surface area contributed by atoms with Gasteiger partial charge in [-0.3, -0.25) is 4.98 Å². The Morgan fingerprint density at radius 1 is 1.04 bits per heavy atom. The van der Waals surface area contributed by atoms with Crippen LogP contribution in [-0.4, -0.2) is 53.1 Å². The number of hydrogen-bond acceptors (Lipinski definition) is 5. The number of rotatable bonds is 7. The molecule has 23 heavy (non-hydrogen) atoms. The molecule has 0 unspecified atom stereocenters. The molecule has 124 valence electrons. The van der Waals surface area contributed by atoms with Gasteiger partial charge in [0.25, 0.3) is 0 Å². The van der Waals surface area contributed by atoms with Crippen LogP contribution >= 0.6 is 0 Å². The van der Waals surface area contributed by atoms with Crippen molar-refractivity contribution in [2.45, 2.75) is 33.2 Å². The summed E-state index contributed by atoms with van der Waals surface area (Å²) in [5, 5.41) is 0. The van der Waals surface area contributed by atoms with Gasteiger partial charge in [-0.2, -0.15) is 0 Å². The highest BCUT2D eigenvalue weighted by molar-refractivity contribution is 5.57. The van der Waals surface area contributed by atoms with Crippen molar-refractivity contribution in [2.24, 2.45) is 0 Å². The fraction of sp³-hybridized carbons (Fsp3) is 0.500. The maximum atomic E-state index is 4.82. The third-order valence-corrected chi connectivity index (χ3v) is 3.77. The van der Waals surface area contributed by atoms with Crippen molar-refractivity contribution in [1.29, 1.82) is 0 Å². The van der Waals surface area contributed by atoms with E-state index >= 15 is 0 Å². The molecule has 0 aromatic carbocycles. The van der Waals surface area contributed by atoms with Gasteiger partial charge in [0.15, 0.2) is 5.82 Å². The van der Waals surface area contributed by atoms with Crippen molar-refractivity contribution in [3.63, 3.8) is 0 Å². The lowest BCUT2D eigenvalue weighted by Crippen LogP contribution is -2.37. The van der Waals surface area contributed by atoms with Gasteiger partial charge in [0.2, 0.25) is 0 Å². The first kappa shape index (κ1) is 17.3. The molecule has 0 aliphatic carbocycles. The SMILES string of the molecule is CCc1cc(N(CCN(C)C)C(C)C)nc(-c2ccncc2)n1. The highest BCUT2D eigenvalue weighted by Gasteiger charge is 2.15. The van der Waals surface area contributed by atoms with Crippen LogP contribution in [0.2, 0.25) is 0 Å². The van der Waals surface area contributed by atoms with Crippen LogP contribution in [0, 0.1) is 0 Å². The molecule has 0 bridgehead atoms. The van der Waals surface area contributed by atoms with E-state index < -0.39 is 0 Å². The first-order valence-corrected chi connectivity index (χ1v) is 8.21. The molecule has 0 saturated carbocycles. The van der Waals surface area contributed by atoms with Gasteiger partial charge in [-0.1, -0.05) is 6.92 Å². The summed E-state index contributed by atoms with van der Waals surface area (Å²) in [4.78, 5) is 18.1. The van der Waals surface area contributed by atoms with E-state index in [0.717, 1.165) is 42.4 Å². The maximum absolute atomic E-state index is 4.82. The number of nitrogens with zero attached hydrogens (tertiary/aromatic N) is 5. The molecule has 0 fully saturated rings. The second-order valence-corrected chi connectivity index (χ2v) is 6.22. The van der Waals surface area contributed by atoms with Gasteiger partial charge in [-0.15, -0.1) is 0 Å². The van der Waals surface area contributed by atoms with Gasteiger partial charge in [0.05, 0.1) is 0 Å². The third kappa shape index (κ3) is 4.73. The number of anilines is 1. The summed E-state index contributed by atoms with van der Waals surface area (Å²) < 4.78 is 0. The zero-order valence-electron chi connectivity index (χ0n) is 14.8. The highest BCUT2D eigenvalue weighted by atomic mass is 15.2. The molecule has 0 spiro atoms. The lowest BCUT2D eigenvalue weighted by atomic mass is 10.2. The summed E-state index contributed by atoms with van der Waals surface area (Å²) in [5.74, 6) is 1.78. The quantitative estimate of drug-likeness (QED) is 0.786. The Balaban J connectivity index is 2.39. The normalized spacial score (nSPS) is 11.3. The lowest BCUT2D eigenvalue weighted by Gasteiger charge is -2.29. The molecule has 0 N–H and O–H groups in total. The van der Waals surface area contributed by atoms with Crippen molar-refractivity contribution < 1.29 is 0 Å². The lowest BCUT2D eigenvalue weighted by molar-refractivity contribution is 0.407. The molecule has 0 atom stereocenters. The van der Waals surface area contributed by atoms with Crippen LogP contribution in [0.25, 0.3) is 11.4 Å². The fourth-order valence-corrected chi connectivity index (χ4v) is 2.39. The first-order chi connectivity index (χ1) is 11.0. The van der Waals surface area contributed by atoms with Gasteiger partial charge < -0.3 is 9.80 Å². The molecular weight excluding hydrogens is 286 g/mol. The molecule has 5 nitrogen and oxygen atoms in total. The van der Waals surface area contributed by atoms with Crippen LogP contribution < -0.4 is 4.90 Å². The molecule has 0 aliphatic heterocycles. The second kappa shape index (κ2) is 8.02. The third-order valence-electron chi connectivity index (χ3n) is 3.77. The number of aromatic nitrogens is 3. The Morgan fingerprint density at radius 3 is 2.30 bits per heavy atom. The largest absolute Gasteiger partial charge is 0.353 e. The topological polar surface area (TPSA) is 45.2 Å². The summed E-state index contributed by atoms with van der Waals surface area (Å²) in [7, 11) is 4.19. The van der Waals surface area contributed by atoms with Crippen molar-refractivity contribution in [1.82, 2.24) is 19.9 Å². The predicted molar refractivity (Wildman–Crippen MR) is 95.7 cm³/mol. The van der Waals surface area contributed by atoms with E-state index in [1.165, 1.54) is 0 Å². The molecule has 0 saturated heterocycles. The zero-order chi connectivity index (χ0) is 16.8. The average Bonchev–Trinajstić information content (AvgIpc) is 2.55.